The molecule has 1 aromatic heterocycles. The monoisotopic (exact) mass is 221 g/mol. The van der Waals surface area contributed by atoms with Crippen molar-refractivity contribution in [2.24, 2.45) is 11.7 Å². The number of aromatic nitrogens is 1. The Hall–Kier alpha value is -1.09. The summed E-state index contributed by atoms with van der Waals surface area (Å²) in [5, 5.41) is 0. The van der Waals surface area contributed by atoms with E-state index in [9.17, 15) is 0 Å². The molecule has 1 aromatic rings. The molecule has 1 rings (SSSR count). The summed E-state index contributed by atoms with van der Waals surface area (Å²) in [5.41, 5.74) is 7.21. The average Bonchev–Trinajstić information content (AvgIpc) is 2.26. The molecule has 16 heavy (non-hydrogen) atoms. The molecule has 0 amide bonds. The lowest BCUT2D eigenvalue weighted by molar-refractivity contribution is 0.465. The lowest BCUT2D eigenvalue weighted by Crippen LogP contribution is -2.32. The van der Waals surface area contributed by atoms with Gasteiger partial charge in [0.25, 0.3) is 0 Å². The summed E-state index contributed by atoms with van der Waals surface area (Å²) in [6.45, 7) is 7.32. The quantitative estimate of drug-likeness (QED) is 0.829. The van der Waals surface area contributed by atoms with Gasteiger partial charge in [-0.3, -0.25) is 0 Å². The fourth-order valence-electron chi connectivity index (χ4n) is 1.48. The predicted octanol–water partition coefficient (Wildman–Crippen LogP) is 2.20. The van der Waals surface area contributed by atoms with Crippen LogP contribution in [-0.4, -0.2) is 24.6 Å². The first-order valence-corrected chi connectivity index (χ1v) is 5.90. The van der Waals surface area contributed by atoms with Gasteiger partial charge in [0.1, 0.15) is 5.82 Å². The molecular formula is C13H23N3. The van der Waals surface area contributed by atoms with Crippen molar-refractivity contribution in [1.82, 2.24) is 4.98 Å². The Kier molecular flexibility index (Phi) is 4.74. The summed E-state index contributed by atoms with van der Waals surface area (Å²) in [4.78, 5) is 6.54. The summed E-state index contributed by atoms with van der Waals surface area (Å²) < 4.78 is 0. The van der Waals surface area contributed by atoms with Crippen LogP contribution in [0.3, 0.4) is 0 Å². The van der Waals surface area contributed by atoms with Gasteiger partial charge in [-0.1, -0.05) is 19.9 Å². The molecule has 0 bridgehead atoms. The molecular weight excluding hydrogens is 198 g/mol. The lowest BCUT2D eigenvalue weighted by atomic mass is 10.0. The van der Waals surface area contributed by atoms with Gasteiger partial charge < -0.3 is 10.6 Å². The molecule has 0 saturated carbocycles. The van der Waals surface area contributed by atoms with E-state index in [2.05, 4.69) is 42.9 Å². The molecule has 0 aromatic carbocycles. The third-order valence-corrected chi connectivity index (χ3v) is 2.94. The minimum Gasteiger partial charge on any atom is -0.360 e. The van der Waals surface area contributed by atoms with E-state index in [1.165, 1.54) is 5.56 Å². The van der Waals surface area contributed by atoms with Crippen LogP contribution < -0.4 is 10.6 Å². The summed E-state index contributed by atoms with van der Waals surface area (Å²) in [5.74, 6) is 1.56. The first kappa shape index (κ1) is 13.0. The Bertz CT molecular complexity index is 305. The third kappa shape index (κ3) is 3.81. The van der Waals surface area contributed by atoms with Gasteiger partial charge in [-0.25, -0.2) is 4.98 Å². The zero-order valence-corrected chi connectivity index (χ0v) is 10.8. The highest BCUT2D eigenvalue weighted by molar-refractivity contribution is 5.37. The number of hydrogen-bond donors (Lipinski definition) is 1. The molecule has 90 valence electrons. The van der Waals surface area contributed by atoms with E-state index in [1.807, 2.05) is 13.1 Å². The van der Waals surface area contributed by atoms with Crippen LogP contribution in [-0.2, 0) is 0 Å². The summed E-state index contributed by atoms with van der Waals surface area (Å²) >= 11 is 0. The number of hydrogen-bond acceptors (Lipinski definition) is 3. The van der Waals surface area contributed by atoms with Crippen molar-refractivity contribution in [3.05, 3.63) is 23.9 Å². The van der Waals surface area contributed by atoms with Crippen LogP contribution in [0.1, 0.15) is 25.8 Å². The molecule has 1 unspecified atom stereocenters. The molecule has 0 radical (unpaired) electrons. The van der Waals surface area contributed by atoms with E-state index < -0.39 is 0 Å². The zero-order valence-electron chi connectivity index (χ0n) is 10.8. The zero-order chi connectivity index (χ0) is 12.1. The van der Waals surface area contributed by atoms with E-state index in [0.717, 1.165) is 18.8 Å². The van der Waals surface area contributed by atoms with Crippen molar-refractivity contribution in [2.75, 3.05) is 18.5 Å². The van der Waals surface area contributed by atoms with Gasteiger partial charge in [-0.05, 0) is 30.9 Å². The first-order chi connectivity index (χ1) is 7.50. The SMILES string of the molecule is Cc1ccc(N(C)CCC(N)C(C)C)nc1. The number of anilines is 1. The minimum absolute atomic E-state index is 0.271. The topological polar surface area (TPSA) is 42.1 Å². The van der Waals surface area contributed by atoms with Crippen molar-refractivity contribution < 1.29 is 0 Å². The Morgan fingerprint density at radius 1 is 1.38 bits per heavy atom. The second-order valence-electron chi connectivity index (χ2n) is 4.81. The fourth-order valence-corrected chi connectivity index (χ4v) is 1.48. The van der Waals surface area contributed by atoms with Gasteiger partial charge in [0.05, 0.1) is 0 Å². The highest BCUT2D eigenvalue weighted by Gasteiger charge is 2.09. The van der Waals surface area contributed by atoms with Gasteiger partial charge >= 0.3 is 0 Å². The van der Waals surface area contributed by atoms with Gasteiger partial charge in [-0.15, -0.1) is 0 Å². The van der Waals surface area contributed by atoms with Crippen molar-refractivity contribution in [3.8, 4) is 0 Å². The number of pyridine rings is 1. The third-order valence-electron chi connectivity index (χ3n) is 2.94. The van der Waals surface area contributed by atoms with E-state index in [-0.39, 0.29) is 6.04 Å². The molecule has 3 nitrogen and oxygen atoms in total. The molecule has 1 atom stereocenters. The fraction of sp³-hybridized carbons (Fsp3) is 0.615. The van der Waals surface area contributed by atoms with Crippen molar-refractivity contribution in [1.29, 1.82) is 0 Å². The molecule has 2 N–H and O–H groups in total. The Morgan fingerprint density at radius 2 is 2.06 bits per heavy atom. The molecule has 0 aliphatic heterocycles. The lowest BCUT2D eigenvalue weighted by Gasteiger charge is -2.22. The van der Waals surface area contributed by atoms with Gasteiger partial charge in [0.15, 0.2) is 0 Å². The minimum atomic E-state index is 0.271. The molecule has 1 heterocycles. The molecule has 0 aliphatic carbocycles. The summed E-state index contributed by atoms with van der Waals surface area (Å²) in [6, 6.07) is 4.41. The van der Waals surface area contributed by atoms with Crippen molar-refractivity contribution >= 4 is 5.82 Å². The first-order valence-electron chi connectivity index (χ1n) is 5.90. The number of nitrogens with zero attached hydrogens (tertiary/aromatic N) is 2. The van der Waals surface area contributed by atoms with Gasteiger partial charge in [0.2, 0.25) is 0 Å². The van der Waals surface area contributed by atoms with Crippen LogP contribution in [0.4, 0.5) is 5.82 Å². The standard InChI is InChI=1S/C13H23N3/c1-10(2)12(14)7-8-16(4)13-6-5-11(3)9-15-13/h5-6,9-10,12H,7-8,14H2,1-4H3. The summed E-state index contributed by atoms with van der Waals surface area (Å²) in [7, 11) is 2.06. The number of aryl methyl sites for hydroxylation is 1. The molecule has 3 heteroatoms. The smallest absolute Gasteiger partial charge is 0.128 e. The van der Waals surface area contributed by atoms with Gasteiger partial charge in [-0.2, -0.15) is 0 Å². The highest BCUT2D eigenvalue weighted by Crippen LogP contribution is 2.11. The van der Waals surface area contributed by atoms with Crippen LogP contribution in [0, 0.1) is 12.8 Å². The van der Waals surface area contributed by atoms with E-state index in [0.29, 0.717) is 5.92 Å². The summed E-state index contributed by atoms with van der Waals surface area (Å²) in [6.07, 6.45) is 2.90. The van der Waals surface area contributed by atoms with Gasteiger partial charge in [0, 0.05) is 25.8 Å². The van der Waals surface area contributed by atoms with Crippen LogP contribution in [0.2, 0.25) is 0 Å². The number of rotatable bonds is 5. The Morgan fingerprint density at radius 3 is 2.56 bits per heavy atom. The van der Waals surface area contributed by atoms with E-state index in [4.69, 9.17) is 5.73 Å². The van der Waals surface area contributed by atoms with Crippen molar-refractivity contribution in [2.45, 2.75) is 33.2 Å². The van der Waals surface area contributed by atoms with Crippen LogP contribution in [0.25, 0.3) is 0 Å². The number of nitrogens with two attached hydrogens (primary N) is 1. The predicted molar refractivity (Wildman–Crippen MR) is 69.7 cm³/mol. The highest BCUT2D eigenvalue weighted by atomic mass is 15.2. The van der Waals surface area contributed by atoms with E-state index in [1.54, 1.807) is 0 Å². The second-order valence-corrected chi connectivity index (χ2v) is 4.81. The Balaban J connectivity index is 2.46. The maximum absolute atomic E-state index is 6.02. The van der Waals surface area contributed by atoms with Crippen molar-refractivity contribution in [3.63, 3.8) is 0 Å². The molecule has 0 aliphatic rings. The van der Waals surface area contributed by atoms with Crippen LogP contribution >= 0.6 is 0 Å². The molecule has 0 saturated heterocycles. The largest absolute Gasteiger partial charge is 0.360 e. The Labute approximate surface area is 98.7 Å². The normalized spacial score (nSPS) is 12.9. The second kappa shape index (κ2) is 5.85. The van der Waals surface area contributed by atoms with E-state index >= 15 is 0 Å². The maximum atomic E-state index is 6.02. The van der Waals surface area contributed by atoms with Crippen LogP contribution in [0.15, 0.2) is 18.3 Å². The maximum Gasteiger partial charge on any atom is 0.128 e. The van der Waals surface area contributed by atoms with Crippen LogP contribution in [0.5, 0.6) is 0 Å². The average molecular weight is 221 g/mol. The molecule has 0 fully saturated rings. The molecule has 0 spiro atoms.